The van der Waals surface area contributed by atoms with E-state index in [1.165, 1.54) is 103 Å². The van der Waals surface area contributed by atoms with Gasteiger partial charge in [0.25, 0.3) is 0 Å². The fourth-order valence-electron chi connectivity index (χ4n) is 5.68. The van der Waals surface area contributed by atoms with E-state index in [-0.39, 0.29) is 55.1 Å². The minimum atomic E-state index is -0.600. The molecule has 1 aromatic rings. The lowest BCUT2D eigenvalue weighted by molar-refractivity contribution is -0.701. The van der Waals surface area contributed by atoms with Crippen LogP contribution in [0.25, 0.3) is 0 Å². The lowest BCUT2D eigenvalue weighted by Gasteiger charge is -2.19. The highest BCUT2D eigenvalue weighted by molar-refractivity contribution is 5.90. The van der Waals surface area contributed by atoms with E-state index in [0.717, 1.165) is 36.6 Å². The number of hydrogen-bond acceptors (Lipinski definition) is 5. The molecule has 2 atom stereocenters. The number of aryl methyl sites for hydroxylation is 1. The molecule has 43 heavy (non-hydrogen) atoms. The number of halogens is 1. The van der Waals surface area contributed by atoms with Gasteiger partial charge in [-0.2, -0.15) is 0 Å². The van der Waals surface area contributed by atoms with Crippen LogP contribution in [0, 0.1) is 5.92 Å². The molecule has 1 aromatic heterocycles. The maximum atomic E-state index is 12.7. The number of rotatable bonds is 24. The van der Waals surface area contributed by atoms with Crippen molar-refractivity contribution >= 4 is 12.0 Å². The number of unbranched alkanes of at least 4 members (excludes halogenated alkanes) is 15. The molecule has 248 valence electrons. The molecular weight excluding hydrogens is 655 g/mol. The highest BCUT2D eigenvalue weighted by Crippen LogP contribution is 2.21. The summed E-state index contributed by atoms with van der Waals surface area (Å²) in [6, 6.07) is 5.76. The summed E-state index contributed by atoms with van der Waals surface area (Å²) in [5.74, 6) is -0.196. The van der Waals surface area contributed by atoms with Gasteiger partial charge in [0.2, 0.25) is 11.6 Å². The third kappa shape index (κ3) is 18.3. The van der Waals surface area contributed by atoms with Gasteiger partial charge in [-0.3, -0.25) is 4.79 Å². The van der Waals surface area contributed by atoms with E-state index in [2.05, 4.69) is 6.92 Å². The number of amides is 2. The van der Waals surface area contributed by atoms with Crippen molar-refractivity contribution < 1.29 is 52.3 Å². The van der Waals surface area contributed by atoms with Gasteiger partial charge in [0.15, 0.2) is 6.20 Å². The largest absolute Gasteiger partial charge is 1.00 e. The van der Waals surface area contributed by atoms with Crippen molar-refractivity contribution in [3.63, 3.8) is 0 Å². The molecule has 7 nitrogen and oxygen atoms in total. The first kappa shape index (κ1) is 39.8. The van der Waals surface area contributed by atoms with E-state index in [1.807, 2.05) is 35.9 Å². The van der Waals surface area contributed by atoms with Gasteiger partial charge in [-0.25, -0.2) is 14.3 Å². The minimum absolute atomic E-state index is 0. The zero-order valence-electron chi connectivity index (χ0n) is 27.5. The van der Waals surface area contributed by atoms with Crippen LogP contribution in [0.15, 0.2) is 24.4 Å². The molecule has 2 rings (SSSR count). The number of nitrogens with zero attached hydrogens (tertiary/aromatic N) is 2. The number of pyridine rings is 1. The first-order chi connectivity index (χ1) is 20.5. The van der Waals surface area contributed by atoms with Crippen LogP contribution in [0.4, 0.5) is 4.79 Å². The van der Waals surface area contributed by atoms with Gasteiger partial charge in [0, 0.05) is 31.6 Å². The number of imide groups is 1. The topological polar surface area (TPSA) is 69.0 Å². The summed E-state index contributed by atoms with van der Waals surface area (Å²) in [6.07, 6.45) is 24.1. The van der Waals surface area contributed by atoms with Crippen molar-refractivity contribution in [2.24, 2.45) is 5.92 Å². The summed E-state index contributed by atoms with van der Waals surface area (Å²) in [5.41, 5.74) is 0.887. The molecule has 1 fully saturated rings. The highest BCUT2D eigenvalue weighted by Gasteiger charge is 2.29. The van der Waals surface area contributed by atoms with Crippen LogP contribution < -0.4 is 28.5 Å². The second kappa shape index (κ2) is 26.0. The molecule has 1 aliphatic rings. The average molecular weight is 717 g/mol. The Hall–Kier alpha value is -1.26. The zero-order chi connectivity index (χ0) is 30.3. The average Bonchev–Trinajstić information content (AvgIpc) is 3.45. The summed E-state index contributed by atoms with van der Waals surface area (Å²) in [5, 5.41) is 0. The number of aromatic nitrogens is 1. The summed E-state index contributed by atoms with van der Waals surface area (Å²) >= 11 is 0. The van der Waals surface area contributed by atoms with E-state index in [4.69, 9.17) is 14.2 Å². The Morgan fingerprint density at radius 2 is 1.44 bits per heavy atom. The molecule has 0 unspecified atom stereocenters. The van der Waals surface area contributed by atoms with Crippen molar-refractivity contribution in [2.75, 3.05) is 26.4 Å². The van der Waals surface area contributed by atoms with Gasteiger partial charge < -0.3 is 38.2 Å². The predicted octanol–water partition coefficient (Wildman–Crippen LogP) is 5.17. The van der Waals surface area contributed by atoms with E-state index < -0.39 is 6.09 Å². The van der Waals surface area contributed by atoms with Gasteiger partial charge in [-0.1, -0.05) is 109 Å². The lowest BCUT2D eigenvalue weighted by Crippen LogP contribution is -3.00. The molecular formula is C35H61IN2O5. The van der Waals surface area contributed by atoms with Crippen LogP contribution in [0.2, 0.25) is 0 Å². The third-order valence-corrected chi connectivity index (χ3v) is 8.35. The van der Waals surface area contributed by atoms with Gasteiger partial charge in [0.1, 0.15) is 13.1 Å². The van der Waals surface area contributed by atoms with E-state index in [0.29, 0.717) is 13.2 Å². The Labute approximate surface area is 279 Å². The SMILES string of the molecule is CCCCCCCCCCCCCCCCCCOC[C@@H]1C[C@@H](COC(=O)N(Cc2cccc[n+]2CC)C(C)=O)CO1.[I-]. The molecule has 2 heterocycles. The summed E-state index contributed by atoms with van der Waals surface area (Å²) in [4.78, 5) is 26.0. The van der Waals surface area contributed by atoms with Crippen molar-refractivity contribution in [3.8, 4) is 0 Å². The van der Waals surface area contributed by atoms with Crippen molar-refractivity contribution in [3.05, 3.63) is 30.1 Å². The Kier molecular flexibility index (Phi) is 24.0. The molecule has 0 N–H and O–H groups in total. The third-order valence-electron chi connectivity index (χ3n) is 8.35. The van der Waals surface area contributed by atoms with Crippen LogP contribution in [0.3, 0.4) is 0 Å². The Bertz CT molecular complexity index is 855. The number of carbonyl (C=O) groups is 2. The Morgan fingerprint density at radius 1 is 0.860 bits per heavy atom. The van der Waals surface area contributed by atoms with Crippen molar-refractivity contribution in [2.45, 2.75) is 149 Å². The predicted molar refractivity (Wildman–Crippen MR) is 168 cm³/mol. The Balaban J connectivity index is 0.00000924. The quantitative estimate of drug-likeness (QED) is 0.0840. The molecule has 0 spiro atoms. The monoisotopic (exact) mass is 716 g/mol. The van der Waals surface area contributed by atoms with Crippen molar-refractivity contribution in [1.29, 1.82) is 0 Å². The minimum Gasteiger partial charge on any atom is -1.00 e. The molecule has 2 amide bonds. The van der Waals surface area contributed by atoms with Crippen molar-refractivity contribution in [1.82, 2.24) is 4.90 Å². The van der Waals surface area contributed by atoms with Gasteiger partial charge >= 0.3 is 6.09 Å². The first-order valence-electron chi connectivity index (χ1n) is 17.2. The van der Waals surface area contributed by atoms with Gasteiger partial charge in [-0.05, 0) is 19.8 Å². The number of hydrogen-bond donors (Lipinski definition) is 0. The molecule has 0 aliphatic carbocycles. The van der Waals surface area contributed by atoms with Crippen LogP contribution in [0.1, 0.15) is 136 Å². The highest BCUT2D eigenvalue weighted by atomic mass is 127. The number of ether oxygens (including phenoxy) is 3. The lowest BCUT2D eigenvalue weighted by atomic mass is 10.0. The number of carbonyl (C=O) groups excluding carboxylic acids is 2. The molecule has 1 saturated heterocycles. The fourth-order valence-corrected chi connectivity index (χ4v) is 5.68. The summed E-state index contributed by atoms with van der Waals surface area (Å²) < 4.78 is 19.3. The second-order valence-corrected chi connectivity index (χ2v) is 12.1. The van der Waals surface area contributed by atoms with Gasteiger partial charge in [0.05, 0.1) is 25.9 Å². The summed E-state index contributed by atoms with van der Waals surface area (Å²) in [6.45, 7) is 8.84. The van der Waals surface area contributed by atoms with Crippen LogP contribution in [0.5, 0.6) is 0 Å². The molecule has 0 radical (unpaired) electrons. The first-order valence-corrected chi connectivity index (χ1v) is 17.2. The maximum absolute atomic E-state index is 12.7. The second-order valence-electron chi connectivity index (χ2n) is 12.1. The smallest absolute Gasteiger partial charge is 0.417 e. The van der Waals surface area contributed by atoms with Crippen LogP contribution >= 0.6 is 0 Å². The Morgan fingerprint density at radius 3 is 2.00 bits per heavy atom. The van der Waals surface area contributed by atoms with Crippen LogP contribution in [-0.2, 0) is 32.1 Å². The van der Waals surface area contributed by atoms with E-state index >= 15 is 0 Å². The fraction of sp³-hybridized carbons (Fsp3) is 0.800. The summed E-state index contributed by atoms with van der Waals surface area (Å²) in [7, 11) is 0. The molecule has 0 bridgehead atoms. The maximum Gasteiger partial charge on any atom is 0.417 e. The van der Waals surface area contributed by atoms with E-state index in [1.54, 1.807) is 0 Å². The van der Waals surface area contributed by atoms with Crippen LogP contribution in [-0.4, -0.2) is 49.4 Å². The standard InChI is InChI=1S/C35H61N2O5.HI/c1-4-6-7-8-9-10-11-12-13-14-15-16-17-18-19-22-25-40-30-34-26-32(28-41-34)29-42-35(39)37(31(3)38)27-33-23-20-21-24-36(33)5-2;/h20-21,23-24,32,34H,4-19,22,25-30H2,1-3H3;1H/q+1;/p-1/t32-,34+;/m1./s1. The zero-order valence-corrected chi connectivity index (χ0v) is 29.7. The molecule has 1 aliphatic heterocycles. The normalized spacial score (nSPS) is 16.2. The molecule has 0 saturated carbocycles. The molecule has 8 heteroatoms. The van der Waals surface area contributed by atoms with E-state index in [9.17, 15) is 9.59 Å². The van der Waals surface area contributed by atoms with Gasteiger partial charge in [-0.15, -0.1) is 0 Å². The molecule has 0 aromatic carbocycles.